The van der Waals surface area contributed by atoms with E-state index in [4.69, 9.17) is 0 Å². The maximum Gasteiger partial charge on any atom is 0.254 e. The second-order valence-electron chi connectivity index (χ2n) is 8.49. The Balaban J connectivity index is 1.64. The quantitative estimate of drug-likeness (QED) is 0.816. The van der Waals surface area contributed by atoms with Gasteiger partial charge in [0.15, 0.2) is 5.65 Å². The van der Waals surface area contributed by atoms with Crippen molar-refractivity contribution in [3.8, 4) is 0 Å². The Morgan fingerprint density at radius 3 is 2.56 bits per heavy atom. The number of carbonyl (C=O) groups is 1. The van der Waals surface area contributed by atoms with E-state index in [0.717, 1.165) is 47.5 Å². The SMILES string of the molecule is Cc1cc(C(=O)N2CCCC(N3C(C)CCC3C)C2)c2c(C)nn(C)c2n1. The minimum atomic E-state index is 0.130. The Morgan fingerprint density at radius 2 is 1.85 bits per heavy atom. The van der Waals surface area contributed by atoms with Crippen LogP contribution in [0.4, 0.5) is 0 Å². The number of piperidine rings is 1. The van der Waals surface area contributed by atoms with Crippen LogP contribution in [0.1, 0.15) is 61.3 Å². The molecule has 1 amide bonds. The number of amides is 1. The number of pyridine rings is 1. The first-order chi connectivity index (χ1) is 12.9. The second-order valence-corrected chi connectivity index (χ2v) is 8.49. The maximum absolute atomic E-state index is 13.5. The van der Waals surface area contributed by atoms with Gasteiger partial charge in [0.2, 0.25) is 0 Å². The second kappa shape index (κ2) is 6.89. The Bertz CT molecular complexity index is 863. The molecule has 0 spiro atoms. The van der Waals surface area contributed by atoms with Crippen LogP contribution in [-0.2, 0) is 7.05 Å². The predicted octanol–water partition coefficient (Wildman–Crippen LogP) is 3.06. The van der Waals surface area contributed by atoms with Gasteiger partial charge in [0.1, 0.15) is 0 Å². The Kier molecular flexibility index (Phi) is 4.70. The Morgan fingerprint density at radius 1 is 1.15 bits per heavy atom. The average Bonchev–Trinajstić information content (AvgIpc) is 3.12. The number of carbonyl (C=O) groups excluding carboxylic acids is 1. The summed E-state index contributed by atoms with van der Waals surface area (Å²) < 4.78 is 1.78. The third kappa shape index (κ3) is 3.14. The van der Waals surface area contributed by atoms with Gasteiger partial charge in [-0.1, -0.05) is 0 Å². The third-order valence-corrected chi connectivity index (χ3v) is 6.45. The van der Waals surface area contributed by atoms with E-state index in [1.807, 2.05) is 27.0 Å². The van der Waals surface area contributed by atoms with Crippen LogP contribution in [-0.4, -0.2) is 61.7 Å². The van der Waals surface area contributed by atoms with E-state index < -0.39 is 0 Å². The van der Waals surface area contributed by atoms with E-state index in [-0.39, 0.29) is 5.91 Å². The topological polar surface area (TPSA) is 54.3 Å². The van der Waals surface area contributed by atoms with Crippen molar-refractivity contribution < 1.29 is 4.79 Å². The van der Waals surface area contributed by atoms with Crippen LogP contribution in [0.2, 0.25) is 0 Å². The van der Waals surface area contributed by atoms with Crippen LogP contribution in [0.25, 0.3) is 11.0 Å². The molecule has 3 unspecified atom stereocenters. The fourth-order valence-corrected chi connectivity index (χ4v) is 5.23. The van der Waals surface area contributed by atoms with Gasteiger partial charge in [0.25, 0.3) is 5.91 Å². The van der Waals surface area contributed by atoms with Gasteiger partial charge in [-0.25, -0.2) is 4.98 Å². The largest absolute Gasteiger partial charge is 0.337 e. The molecule has 2 aromatic rings. The first kappa shape index (κ1) is 18.4. The number of aromatic nitrogens is 3. The highest BCUT2D eigenvalue weighted by Gasteiger charge is 2.36. The number of rotatable bonds is 2. The summed E-state index contributed by atoms with van der Waals surface area (Å²) in [6.45, 7) is 10.2. The molecule has 6 heteroatoms. The van der Waals surface area contributed by atoms with Gasteiger partial charge in [-0.2, -0.15) is 5.10 Å². The number of hydrogen-bond acceptors (Lipinski definition) is 4. The first-order valence-corrected chi connectivity index (χ1v) is 10.2. The molecule has 4 rings (SSSR count). The monoisotopic (exact) mass is 369 g/mol. The van der Waals surface area contributed by atoms with Crippen molar-refractivity contribution in [2.75, 3.05) is 13.1 Å². The molecule has 0 aliphatic carbocycles. The lowest BCUT2D eigenvalue weighted by molar-refractivity contribution is 0.0488. The molecule has 0 aromatic carbocycles. The van der Waals surface area contributed by atoms with E-state index in [1.165, 1.54) is 19.3 Å². The molecule has 4 heterocycles. The van der Waals surface area contributed by atoms with E-state index in [1.54, 1.807) is 4.68 Å². The summed E-state index contributed by atoms with van der Waals surface area (Å²) in [5.74, 6) is 0.130. The highest BCUT2D eigenvalue weighted by Crippen LogP contribution is 2.31. The van der Waals surface area contributed by atoms with E-state index in [9.17, 15) is 4.79 Å². The average molecular weight is 370 g/mol. The van der Waals surface area contributed by atoms with Gasteiger partial charge in [0.05, 0.1) is 16.6 Å². The summed E-state index contributed by atoms with van der Waals surface area (Å²) >= 11 is 0. The zero-order valence-electron chi connectivity index (χ0n) is 17.2. The van der Waals surface area contributed by atoms with Crippen LogP contribution in [0.5, 0.6) is 0 Å². The van der Waals surface area contributed by atoms with E-state index >= 15 is 0 Å². The maximum atomic E-state index is 13.5. The number of hydrogen-bond donors (Lipinski definition) is 0. The molecule has 0 bridgehead atoms. The minimum absolute atomic E-state index is 0.130. The normalized spacial score (nSPS) is 26.9. The molecule has 3 atom stereocenters. The number of nitrogens with zero attached hydrogens (tertiary/aromatic N) is 5. The predicted molar refractivity (Wildman–Crippen MR) is 107 cm³/mol. The van der Waals surface area contributed by atoms with Gasteiger partial charge in [0, 0.05) is 44.0 Å². The van der Waals surface area contributed by atoms with Gasteiger partial charge in [-0.05, 0) is 59.4 Å². The van der Waals surface area contributed by atoms with Gasteiger partial charge in [-0.3, -0.25) is 14.4 Å². The fourth-order valence-electron chi connectivity index (χ4n) is 5.23. The molecule has 6 nitrogen and oxygen atoms in total. The van der Waals surface area contributed by atoms with E-state index in [0.29, 0.717) is 18.1 Å². The van der Waals surface area contributed by atoms with Crippen LogP contribution in [0.3, 0.4) is 0 Å². The smallest absolute Gasteiger partial charge is 0.254 e. The highest BCUT2D eigenvalue weighted by atomic mass is 16.2. The first-order valence-electron chi connectivity index (χ1n) is 10.2. The third-order valence-electron chi connectivity index (χ3n) is 6.45. The molecule has 0 saturated carbocycles. The molecule has 2 saturated heterocycles. The van der Waals surface area contributed by atoms with Gasteiger partial charge >= 0.3 is 0 Å². The van der Waals surface area contributed by atoms with Crippen LogP contribution in [0, 0.1) is 13.8 Å². The zero-order valence-corrected chi connectivity index (χ0v) is 17.2. The molecule has 27 heavy (non-hydrogen) atoms. The number of likely N-dealkylation sites (tertiary alicyclic amines) is 2. The molecule has 0 radical (unpaired) electrons. The lowest BCUT2D eigenvalue weighted by atomic mass is 10.0. The van der Waals surface area contributed by atoms with Crippen molar-refractivity contribution in [3.05, 3.63) is 23.0 Å². The van der Waals surface area contributed by atoms with Crippen molar-refractivity contribution in [1.82, 2.24) is 24.6 Å². The summed E-state index contributed by atoms with van der Waals surface area (Å²) in [5, 5.41) is 5.39. The number of aryl methyl sites for hydroxylation is 3. The lowest BCUT2D eigenvalue weighted by Crippen LogP contribution is -2.52. The molecule has 146 valence electrons. The molecular weight excluding hydrogens is 338 g/mol. The zero-order chi connectivity index (χ0) is 19.3. The summed E-state index contributed by atoms with van der Waals surface area (Å²) in [4.78, 5) is 22.8. The molecule has 2 aliphatic heterocycles. The van der Waals surface area contributed by atoms with Gasteiger partial charge in [-0.15, -0.1) is 0 Å². The van der Waals surface area contributed by atoms with Crippen LogP contribution >= 0.6 is 0 Å². The number of fused-ring (bicyclic) bond motifs is 1. The van der Waals surface area contributed by atoms with Gasteiger partial charge < -0.3 is 4.90 Å². The van der Waals surface area contributed by atoms with Crippen molar-refractivity contribution in [2.45, 2.75) is 71.5 Å². The van der Waals surface area contributed by atoms with Crippen molar-refractivity contribution in [3.63, 3.8) is 0 Å². The Hall–Kier alpha value is -1.95. The lowest BCUT2D eigenvalue weighted by Gasteiger charge is -2.41. The van der Waals surface area contributed by atoms with E-state index in [2.05, 4.69) is 33.7 Å². The summed E-state index contributed by atoms with van der Waals surface area (Å²) in [6, 6.07) is 3.65. The molecular formula is C21H31N5O. The molecule has 0 N–H and O–H groups in total. The standard InChI is InChI=1S/C21H31N5O/c1-13-11-18(19-16(4)23-24(5)20(19)22-13)21(27)25-10-6-7-17(12-25)26-14(2)8-9-15(26)3/h11,14-15,17H,6-10,12H2,1-5H3. The fraction of sp³-hybridized carbons (Fsp3) is 0.667. The Labute approximate surface area is 161 Å². The minimum Gasteiger partial charge on any atom is -0.337 e. The van der Waals surface area contributed by atoms with Crippen molar-refractivity contribution >= 4 is 16.9 Å². The summed E-state index contributed by atoms with van der Waals surface area (Å²) in [6.07, 6.45) is 4.80. The molecule has 2 aromatic heterocycles. The summed E-state index contributed by atoms with van der Waals surface area (Å²) in [7, 11) is 1.89. The summed E-state index contributed by atoms with van der Waals surface area (Å²) in [5.41, 5.74) is 3.29. The highest BCUT2D eigenvalue weighted by molar-refractivity contribution is 6.06. The molecule has 2 aliphatic rings. The van der Waals surface area contributed by atoms with Crippen LogP contribution in [0.15, 0.2) is 6.07 Å². The molecule has 2 fully saturated rings. The van der Waals surface area contributed by atoms with Crippen molar-refractivity contribution in [1.29, 1.82) is 0 Å². The van der Waals surface area contributed by atoms with Crippen molar-refractivity contribution in [2.24, 2.45) is 7.05 Å². The van der Waals surface area contributed by atoms with Crippen LogP contribution < -0.4 is 0 Å².